The van der Waals surface area contributed by atoms with E-state index >= 15 is 0 Å². The average molecular weight is 558 g/mol. The van der Waals surface area contributed by atoms with Crippen molar-refractivity contribution in [2.24, 2.45) is 0 Å². The van der Waals surface area contributed by atoms with Crippen molar-refractivity contribution in [3.8, 4) is 33.9 Å². The standard InChI is InChI=1S/C38H27N3S/c1-3-4-6-14-25(2)32-24-33(26-15-7-5-8-16-26)41-38(40-32)28-18-13-17-27(23-28)36-35-30-20-10-12-22-34(30)42-37(35)29-19-9-11-21-31(29)39-36/h3-24H,1H2,2H3/b6-4-,25-14+. The zero-order chi connectivity index (χ0) is 28.5. The van der Waals surface area contributed by atoms with Gasteiger partial charge in [-0.1, -0.05) is 116 Å². The van der Waals surface area contributed by atoms with Crippen LogP contribution in [0.15, 0.2) is 140 Å². The molecule has 0 saturated carbocycles. The number of hydrogen-bond donors (Lipinski definition) is 0. The molecule has 0 aliphatic carbocycles. The highest BCUT2D eigenvalue weighted by Gasteiger charge is 2.17. The van der Waals surface area contributed by atoms with E-state index in [-0.39, 0.29) is 0 Å². The van der Waals surface area contributed by atoms with Gasteiger partial charge in [-0.3, -0.25) is 0 Å². The van der Waals surface area contributed by atoms with E-state index < -0.39 is 0 Å². The number of fused-ring (bicyclic) bond motifs is 5. The second kappa shape index (κ2) is 11.0. The van der Waals surface area contributed by atoms with Gasteiger partial charge in [0, 0.05) is 42.2 Å². The van der Waals surface area contributed by atoms with Gasteiger partial charge in [-0.15, -0.1) is 11.3 Å². The Hall–Kier alpha value is -5.19. The molecule has 0 atom stereocenters. The molecule has 200 valence electrons. The number of nitrogens with zero attached hydrogens (tertiary/aromatic N) is 3. The Labute approximate surface area is 248 Å². The van der Waals surface area contributed by atoms with Gasteiger partial charge >= 0.3 is 0 Å². The summed E-state index contributed by atoms with van der Waals surface area (Å²) in [6, 6.07) is 37.8. The van der Waals surface area contributed by atoms with Crippen molar-refractivity contribution in [1.82, 2.24) is 15.0 Å². The van der Waals surface area contributed by atoms with Crippen molar-refractivity contribution in [3.63, 3.8) is 0 Å². The largest absolute Gasteiger partial charge is 0.247 e. The minimum absolute atomic E-state index is 0.681. The van der Waals surface area contributed by atoms with Gasteiger partial charge in [0.2, 0.25) is 0 Å². The third-order valence-corrected chi connectivity index (χ3v) is 8.60. The maximum absolute atomic E-state index is 5.22. The molecule has 4 aromatic carbocycles. The third-order valence-electron chi connectivity index (χ3n) is 7.40. The summed E-state index contributed by atoms with van der Waals surface area (Å²) < 4.78 is 2.53. The number of para-hydroxylation sites is 1. The van der Waals surface area contributed by atoms with E-state index in [1.165, 1.54) is 25.6 Å². The number of pyridine rings is 1. The van der Waals surface area contributed by atoms with Crippen LogP contribution in [0.2, 0.25) is 0 Å². The lowest BCUT2D eigenvalue weighted by Gasteiger charge is -2.11. The first-order valence-corrected chi connectivity index (χ1v) is 14.7. The van der Waals surface area contributed by atoms with Crippen LogP contribution in [0.3, 0.4) is 0 Å². The number of rotatable bonds is 6. The Bertz CT molecular complexity index is 2170. The van der Waals surface area contributed by atoms with Gasteiger partial charge in [-0.05, 0) is 36.8 Å². The SMILES string of the molecule is C=C/C=C\C=C(/C)c1cc(-c2ccccc2)nc(-c2cccc(-c3nc4ccccc4c4sc5ccccc5c34)c2)n1. The summed E-state index contributed by atoms with van der Waals surface area (Å²) in [7, 11) is 0. The van der Waals surface area contributed by atoms with Gasteiger partial charge in [0.1, 0.15) is 0 Å². The number of aromatic nitrogens is 3. The molecule has 4 heteroatoms. The van der Waals surface area contributed by atoms with Gasteiger partial charge in [-0.2, -0.15) is 0 Å². The van der Waals surface area contributed by atoms with E-state index in [0.717, 1.165) is 44.9 Å². The molecule has 7 rings (SSSR count). The fourth-order valence-electron chi connectivity index (χ4n) is 5.32. The van der Waals surface area contributed by atoms with Crippen molar-refractivity contribution < 1.29 is 0 Å². The van der Waals surface area contributed by atoms with E-state index in [1.807, 2.05) is 41.7 Å². The van der Waals surface area contributed by atoms with Crippen LogP contribution in [-0.2, 0) is 0 Å². The molecule has 3 heterocycles. The number of hydrogen-bond acceptors (Lipinski definition) is 4. The molecule has 0 fully saturated rings. The van der Waals surface area contributed by atoms with Crippen molar-refractivity contribution in [2.45, 2.75) is 6.92 Å². The van der Waals surface area contributed by atoms with Crippen LogP contribution in [0.25, 0.3) is 70.6 Å². The van der Waals surface area contributed by atoms with Crippen molar-refractivity contribution in [3.05, 3.63) is 146 Å². The lowest BCUT2D eigenvalue weighted by Crippen LogP contribution is -1.98. The summed E-state index contributed by atoms with van der Waals surface area (Å²) in [6.07, 6.45) is 7.72. The van der Waals surface area contributed by atoms with E-state index in [2.05, 4.69) is 111 Å². The first-order chi connectivity index (χ1) is 20.7. The van der Waals surface area contributed by atoms with Crippen molar-refractivity contribution >= 4 is 48.0 Å². The second-order valence-electron chi connectivity index (χ2n) is 10.2. The van der Waals surface area contributed by atoms with Gasteiger partial charge in [0.25, 0.3) is 0 Å². The molecular formula is C38H27N3S. The molecule has 0 saturated heterocycles. The number of allylic oxidation sites excluding steroid dienone is 5. The van der Waals surface area contributed by atoms with E-state index in [9.17, 15) is 0 Å². The van der Waals surface area contributed by atoms with Gasteiger partial charge < -0.3 is 0 Å². The lowest BCUT2D eigenvalue weighted by molar-refractivity contribution is 1.15. The molecule has 0 amide bonds. The van der Waals surface area contributed by atoms with E-state index in [4.69, 9.17) is 15.0 Å². The molecule has 3 aromatic heterocycles. The molecule has 42 heavy (non-hydrogen) atoms. The molecule has 0 bridgehead atoms. The highest BCUT2D eigenvalue weighted by Crippen LogP contribution is 2.43. The summed E-state index contributed by atoms with van der Waals surface area (Å²) in [6.45, 7) is 5.85. The van der Waals surface area contributed by atoms with E-state index in [0.29, 0.717) is 5.82 Å². The molecule has 7 aromatic rings. The molecule has 0 unspecified atom stereocenters. The van der Waals surface area contributed by atoms with Crippen LogP contribution >= 0.6 is 11.3 Å². The first kappa shape index (κ1) is 25.8. The summed E-state index contributed by atoms with van der Waals surface area (Å²) in [5.41, 5.74) is 7.84. The average Bonchev–Trinajstić information content (AvgIpc) is 3.45. The Morgan fingerprint density at radius 2 is 1.43 bits per heavy atom. The summed E-state index contributed by atoms with van der Waals surface area (Å²) >= 11 is 1.83. The fourth-order valence-corrected chi connectivity index (χ4v) is 6.56. The Morgan fingerprint density at radius 1 is 0.690 bits per heavy atom. The van der Waals surface area contributed by atoms with Crippen molar-refractivity contribution in [2.75, 3.05) is 0 Å². The minimum atomic E-state index is 0.681. The minimum Gasteiger partial charge on any atom is -0.247 e. The van der Waals surface area contributed by atoms with Crippen LogP contribution in [0.1, 0.15) is 12.6 Å². The molecule has 3 nitrogen and oxygen atoms in total. The van der Waals surface area contributed by atoms with Crippen LogP contribution in [0.5, 0.6) is 0 Å². The highest BCUT2D eigenvalue weighted by atomic mass is 32.1. The predicted octanol–water partition coefficient (Wildman–Crippen LogP) is 10.5. The maximum Gasteiger partial charge on any atom is 0.160 e. The highest BCUT2D eigenvalue weighted by molar-refractivity contribution is 7.26. The molecular weight excluding hydrogens is 531 g/mol. The van der Waals surface area contributed by atoms with Crippen molar-refractivity contribution in [1.29, 1.82) is 0 Å². The maximum atomic E-state index is 5.22. The molecule has 0 aliphatic rings. The Kier molecular flexibility index (Phi) is 6.75. The molecule has 0 N–H and O–H groups in total. The Morgan fingerprint density at radius 3 is 2.29 bits per heavy atom. The van der Waals surface area contributed by atoms with Crippen LogP contribution in [0, 0.1) is 0 Å². The van der Waals surface area contributed by atoms with Crippen LogP contribution in [-0.4, -0.2) is 15.0 Å². The Balaban J connectivity index is 1.44. The fraction of sp³-hybridized carbons (Fsp3) is 0.0263. The molecule has 0 radical (unpaired) electrons. The van der Waals surface area contributed by atoms with Gasteiger partial charge in [0.15, 0.2) is 5.82 Å². The molecule has 0 spiro atoms. The predicted molar refractivity (Wildman–Crippen MR) is 180 cm³/mol. The summed E-state index contributed by atoms with van der Waals surface area (Å²) in [4.78, 5) is 15.3. The number of thiophene rings is 1. The summed E-state index contributed by atoms with van der Waals surface area (Å²) in [5.74, 6) is 0.681. The zero-order valence-corrected chi connectivity index (χ0v) is 24.0. The molecule has 0 aliphatic heterocycles. The number of benzene rings is 4. The van der Waals surface area contributed by atoms with Crippen LogP contribution in [0.4, 0.5) is 0 Å². The smallest absolute Gasteiger partial charge is 0.160 e. The zero-order valence-electron chi connectivity index (χ0n) is 23.2. The third kappa shape index (κ3) is 4.72. The van der Waals surface area contributed by atoms with Gasteiger partial charge in [0.05, 0.1) is 22.6 Å². The second-order valence-corrected chi connectivity index (χ2v) is 11.2. The monoisotopic (exact) mass is 557 g/mol. The topological polar surface area (TPSA) is 38.7 Å². The lowest BCUT2D eigenvalue weighted by atomic mass is 10.0. The quantitative estimate of drug-likeness (QED) is 0.191. The first-order valence-electron chi connectivity index (χ1n) is 13.9. The normalized spacial score (nSPS) is 12.1. The van der Waals surface area contributed by atoms with Gasteiger partial charge in [-0.25, -0.2) is 15.0 Å². The van der Waals surface area contributed by atoms with Crippen LogP contribution < -0.4 is 0 Å². The van der Waals surface area contributed by atoms with E-state index in [1.54, 1.807) is 6.08 Å². The summed E-state index contributed by atoms with van der Waals surface area (Å²) in [5, 5.41) is 3.61.